The van der Waals surface area contributed by atoms with Crippen molar-refractivity contribution < 1.29 is 4.42 Å². The minimum absolute atomic E-state index is 0.603. The molecule has 0 radical (unpaired) electrons. The molecule has 0 aliphatic carbocycles. The van der Waals surface area contributed by atoms with Crippen LogP contribution in [-0.4, -0.2) is 15.0 Å². The summed E-state index contributed by atoms with van der Waals surface area (Å²) >= 11 is 0. The van der Waals surface area contributed by atoms with Crippen molar-refractivity contribution in [2.24, 2.45) is 0 Å². The lowest BCUT2D eigenvalue weighted by atomic mass is 9.98. The molecule has 4 nitrogen and oxygen atoms in total. The van der Waals surface area contributed by atoms with Gasteiger partial charge >= 0.3 is 0 Å². The highest BCUT2D eigenvalue weighted by atomic mass is 16.3. The van der Waals surface area contributed by atoms with E-state index in [4.69, 9.17) is 19.4 Å². The maximum absolute atomic E-state index is 6.68. The van der Waals surface area contributed by atoms with Gasteiger partial charge in [-0.3, -0.25) is 0 Å². The van der Waals surface area contributed by atoms with E-state index in [1.807, 2.05) is 6.07 Å². The van der Waals surface area contributed by atoms with E-state index in [0.717, 1.165) is 65.9 Å². The molecule has 0 aliphatic heterocycles. The summed E-state index contributed by atoms with van der Waals surface area (Å²) in [7, 11) is 0. The minimum atomic E-state index is 0.603. The number of hydrogen-bond acceptors (Lipinski definition) is 4. The average Bonchev–Trinajstić information content (AvgIpc) is 3.59. The summed E-state index contributed by atoms with van der Waals surface area (Å²) < 4.78 is 6.68. The first-order valence-electron chi connectivity index (χ1n) is 17.8. The molecule has 0 bridgehead atoms. The van der Waals surface area contributed by atoms with Crippen LogP contribution in [0.1, 0.15) is 0 Å². The number of rotatable bonds is 4. The number of benzene rings is 9. The molecule has 0 atom stereocenters. The third-order valence-electron chi connectivity index (χ3n) is 10.4. The molecule has 11 aromatic rings. The van der Waals surface area contributed by atoms with Gasteiger partial charge in [0, 0.05) is 33.0 Å². The summed E-state index contributed by atoms with van der Waals surface area (Å²) in [6.45, 7) is 0. The van der Waals surface area contributed by atoms with Crippen LogP contribution < -0.4 is 0 Å². The maximum Gasteiger partial charge on any atom is 0.164 e. The highest BCUT2D eigenvalue weighted by molar-refractivity contribution is 6.14. The zero-order valence-corrected chi connectivity index (χ0v) is 28.5. The van der Waals surface area contributed by atoms with Crippen molar-refractivity contribution in [1.29, 1.82) is 0 Å². The van der Waals surface area contributed by atoms with Crippen molar-refractivity contribution in [3.8, 4) is 45.3 Å². The zero-order valence-electron chi connectivity index (χ0n) is 28.5. The van der Waals surface area contributed by atoms with Crippen LogP contribution in [0, 0.1) is 0 Å². The second-order valence-corrected chi connectivity index (χ2v) is 13.7. The number of nitrogens with zero attached hydrogens (tertiary/aromatic N) is 3. The fourth-order valence-electron chi connectivity index (χ4n) is 7.77. The molecule has 2 aromatic heterocycles. The summed E-state index contributed by atoms with van der Waals surface area (Å²) in [4.78, 5) is 15.6. The minimum Gasteiger partial charge on any atom is -0.455 e. The quantitative estimate of drug-likeness (QED) is 0.174. The summed E-state index contributed by atoms with van der Waals surface area (Å²) in [5, 5.41) is 11.5. The van der Waals surface area contributed by atoms with Crippen molar-refractivity contribution in [2.75, 3.05) is 0 Å². The van der Waals surface area contributed by atoms with E-state index >= 15 is 0 Å². The van der Waals surface area contributed by atoms with Crippen molar-refractivity contribution in [2.45, 2.75) is 0 Å². The summed E-state index contributed by atoms with van der Waals surface area (Å²) in [5.41, 5.74) is 6.51. The van der Waals surface area contributed by atoms with Gasteiger partial charge in [0.05, 0.1) is 0 Å². The average molecular weight is 676 g/mol. The Morgan fingerprint density at radius 1 is 0.302 bits per heavy atom. The molecule has 0 amide bonds. The Kier molecular flexibility index (Phi) is 6.52. The van der Waals surface area contributed by atoms with Gasteiger partial charge in [0.2, 0.25) is 0 Å². The van der Waals surface area contributed by atoms with E-state index in [1.54, 1.807) is 0 Å². The van der Waals surface area contributed by atoms with E-state index < -0.39 is 0 Å². The smallest absolute Gasteiger partial charge is 0.164 e. The molecule has 53 heavy (non-hydrogen) atoms. The fourth-order valence-corrected chi connectivity index (χ4v) is 7.77. The molecule has 246 valence electrons. The van der Waals surface area contributed by atoms with Crippen LogP contribution in [-0.2, 0) is 0 Å². The Labute approximate surface area is 304 Å². The van der Waals surface area contributed by atoms with Crippen LogP contribution in [0.15, 0.2) is 180 Å². The fraction of sp³-hybridized carbons (Fsp3) is 0. The molecule has 0 unspecified atom stereocenters. The first kappa shape index (κ1) is 29.5. The van der Waals surface area contributed by atoms with Gasteiger partial charge in [-0.2, -0.15) is 0 Å². The molecular formula is C49H29N3O. The van der Waals surface area contributed by atoms with Crippen LogP contribution >= 0.6 is 0 Å². The standard InChI is InChI=1S/C49H29N3O/c1-2-11-31(12-3-1)42-27-39(28-44-43-26-34-15-6-7-16-35(34)29-45(43)53-46(42)44)49-51-47(37-21-18-30-10-4-5-14-33(30)24-37)50-48(52-49)38-22-23-41-36(25-38)20-19-32-13-8-9-17-40(32)41/h1-29H. The Bertz CT molecular complexity index is 3240. The van der Waals surface area contributed by atoms with Gasteiger partial charge in [-0.1, -0.05) is 140 Å². The van der Waals surface area contributed by atoms with Crippen molar-refractivity contribution >= 4 is 65.0 Å². The van der Waals surface area contributed by atoms with Crippen molar-refractivity contribution in [3.05, 3.63) is 176 Å². The third kappa shape index (κ3) is 4.95. The molecule has 2 heterocycles. The van der Waals surface area contributed by atoms with Gasteiger partial charge < -0.3 is 4.42 Å². The van der Waals surface area contributed by atoms with Crippen LogP contribution in [0.3, 0.4) is 0 Å². The third-order valence-corrected chi connectivity index (χ3v) is 10.4. The van der Waals surface area contributed by atoms with Gasteiger partial charge in [0.25, 0.3) is 0 Å². The Hall–Kier alpha value is -7.17. The largest absolute Gasteiger partial charge is 0.455 e. The maximum atomic E-state index is 6.68. The first-order valence-corrected chi connectivity index (χ1v) is 17.8. The number of furan rings is 1. The molecule has 11 rings (SSSR count). The van der Waals surface area contributed by atoms with Gasteiger partial charge in [0.1, 0.15) is 11.2 Å². The molecule has 0 N–H and O–H groups in total. The molecule has 0 fully saturated rings. The van der Waals surface area contributed by atoms with Gasteiger partial charge in [-0.05, 0) is 85.1 Å². The van der Waals surface area contributed by atoms with Crippen LogP contribution in [0.25, 0.3) is 110 Å². The lowest BCUT2D eigenvalue weighted by molar-refractivity contribution is 0.670. The Morgan fingerprint density at radius 2 is 0.849 bits per heavy atom. The van der Waals surface area contributed by atoms with E-state index in [0.29, 0.717) is 17.5 Å². The van der Waals surface area contributed by atoms with Crippen molar-refractivity contribution in [1.82, 2.24) is 15.0 Å². The lowest BCUT2D eigenvalue weighted by Crippen LogP contribution is -2.00. The number of fused-ring (bicyclic) bond motifs is 8. The monoisotopic (exact) mass is 675 g/mol. The van der Waals surface area contributed by atoms with Gasteiger partial charge in [-0.25, -0.2) is 15.0 Å². The van der Waals surface area contributed by atoms with Crippen LogP contribution in [0.5, 0.6) is 0 Å². The second kappa shape index (κ2) is 11.7. The SMILES string of the molecule is c1ccc(-c2cc(-c3nc(-c4ccc5ccccc5c4)nc(-c4ccc5c(ccc6ccccc65)c4)n3)cc3c2oc2cc4ccccc4cc23)cc1. The lowest BCUT2D eigenvalue weighted by Gasteiger charge is -2.12. The second-order valence-electron chi connectivity index (χ2n) is 13.7. The summed E-state index contributed by atoms with van der Waals surface area (Å²) in [6.07, 6.45) is 0. The molecule has 0 saturated carbocycles. The van der Waals surface area contributed by atoms with Gasteiger partial charge in [-0.15, -0.1) is 0 Å². The molecular weight excluding hydrogens is 647 g/mol. The Balaban J connectivity index is 1.17. The summed E-state index contributed by atoms with van der Waals surface area (Å²) in [5.74, 6) is 1.85. The van der Waals surface area contributed by atoms with E-state index in [1.165, 1.54) is 26.9 Å². The number of hydrogen-bond donors (Lipinski definition) is 0. The highest BCUT2D eigenvalue weighted by Gasteiger charge is 2.19. The normalized spacial score (nSPS) is 11.8. The van der Waals surface area contributed by atoms with Crippen molar-refractivity contribution in [3.63, 3.8) is 0 Å². The van der Waals surface area contributed by atoms with Gasteiger partial charge in [0.15, 0.2) is 17.5 Å². The molecule has 4 heteroatoms. The zero-order chi connectivity index (χ0) is 34.9. The Morgan fingerprint density at radius 3 is 1.62 bits per heavy atom. The van der Waals surface area contributed by atoms with E-state index in [9.17, 15) is 0 Å². The topological polar surface area (TPSA) is 51.8 Å². The predicted octanol–water partition coefficient (Wildman–Crippen LogP) is 13.1. The van der Waals surface area contributed by atoms with Crippen LogP contribution in [0.2, 0.25) is 0 Å². The number of aromatic nitrogens is 3. The molecule has 0 spiro atoms. The van der Waals surface area contributed by atoms with E-state index in [2.05, 4.69) is 170 Å². The predicted molar refractivity (Wildman–Crippen MR) is 219 cm³/mol. The molecule has 0 saturated heterocycles. The first-order chi connectivity index (χ1) is 26.2. The molecule has 0 aliphatic rings. The van der Waals surface area contributed by atoms with E-state index in [-0.39, 0.29) is 0 Å². The highest BCUT2D eigenvalue weighted by Crippen LogP contribution is 2.41. The van der Waals surface area contributed by atoms with Crippen LogP contribution in [0.4, 0.5) is 0 Å². The summed E-state index contributed by atoms with van der Waals surface area (Å²) in [6, 6.07) is 61.7. The molecule has 9 aromatic carbocycles.